The number of carbonyl (C=O) groups excluding carboxylic acids is 2. The molecule has 10 heteroatoms. The van der Waals surface area contributed by atoms with Gasteiger partial charge in [-0.1, -0.05) is 37.7 Å². The Hall–Kier alpha value is -2.88. The summed E-state index contributed by atoms with van der Waals surface area (Å²) in [7, 11) is 0. The fraction of sp³-hybridized carbons (Fsp3) is 0.500. The number of carbonyl (C=O) groups is 2. The van der Waals surface area contributed by atoms with Gasteiger partial charge in [-0.25, -0.2) is 0 Å². The molecule has 1 amide bonds. The predicted molar refractivity (Wildman–Crippen MR) is 124 cm³/mol. The number of aromatic nitrogens is 4. The quantitative estimate of drug-likeness (QED) is 0.267. The zero-order chi connectivity index (χ0) is 23.1. The number of hydrogen-bond acceptors (Lipinski definition) is 7. The zero-order valence-electron chi connectivity index (χ0n) is 18.7. The molecule has 172 valence electrons. The van der Waals surface area contributed by atoms with Crippen molar-refractivity contribution >= 4 is 40.3 Å². The molecule has 0 radical (unpaired) electrons. The zero-order valence-corrected chi connectivity index (χ0v) is 19.5. The van der Waals surface area contributed by atoms with Gasteiger partial charge >= 0.3 is 5.97 Å². The Morgan fingerprint density at radius 2 is 2.00 bits per heavy atom. The van der Waals surface area contributed by atoms with Crippen LogP contribution < -0.4 is 10.9 Å². The number of thioether (sulfide) groups is 1. The number of rotatable bonds is 11. The van der Waals surface area contributed by atoms with Crippen molar-refractivity contribution in [2.45, 2.75) is 51.7 Å². The van der Waals surface area contributed by atoms with Gasteiger partial charge in [-0.2, -0.15) is 0 Å². The van der Waals surface area contributed by atoms with E-state index in [-0.39, 0.29) is 29.6 Å². The van der Waals surface area contributed by atoms with Crippen molar-refractivity contribution in [1.82, 2.24) is 24.5 Å². The van der Waals surface area contributed by atoms with E-state index < -0.39 is 0 Å². The lowest BCUT2D eigenvalue weighted by molar-refractivity contribution is -0.143. The standard InChI is InChI=1S/C22H29N5O4S/c1-4-31-19(29)10-7-12-23-18(28)14-32-22-25-24-21-26(13-11-15(2)3)20(30)16-8-5-6-9-17(16)27(21)22/h5-6,8-9,15H,4,7,10-14H2,1-3H3,(H,23,28). The van der Waals surface area contributed by atoms with Gasteiger partial charge in [0.15, 0.2) is 5.16 Å². The lowest BCUT2D eigenvalue weighted by Crippen LogP contribution is -2.27. The molecule has 2 heterocycles. The lowest BCUT2D eigenvalue weighted by atomic mass is 10.1. The highest BCUT2D eigenvalue weighted by Gasteiger charge is 2.17. The number of esters is 1. The highest BCUT2D eigenvalue weighted by Crippen LogP contribution is 2.21. The molecule has 1 aromatic carbocycles. The van der Waals surface area contributed by atoms with E-state index in [1.54, 1.807) is 17.6 Å². The summed E-state index contributed by atoms with van der Waals surface area (Å²) in [6.45, 7) is 7.29. The minimum absolute atomic E-state index is 0.0861. The second-order valence-electron chi connectivity index (χ2n) is 7.82. The Bertz CT molecular complexity index is 1150. The minimum Gasteiger partial charge on any atom is -0.466 e. The number of aryl methyl sites for hydroxylation is 1. The highest BCUT2D eigenvalue weighted by atomic mass is 32.2. The molecule has 1 N–H and O–H groups in total. The topological polar surface area (TPSA) is 108 Å². The van der Waals surface area contributed by atoms with E-state index in [2.05, 4.69) is 29.4 Å². The van der Waals surface area contributed by atoms with Gasteiger partial charge in [0.1, 0.15) is 0 Å². The SMILES string of the molecule is CCOC(=O)CCCNC(=O)CSc1nnc2n(CCC(C)C)c(=O)c3ccccc3n12. The van der Waals surface area contributed by atoms with E-state index in [9.17, 15) is 14.4 Å². The van der Waals surface area contributed by atoms with Crippen LogP contribution in [0, 0.1) is 5.92 Å². The summed E-state index contributed by atoms with van der Waals surface area (Å²) in [4.78, 5) is 36.6. The summed E-state index contributed by atoms with van der Waals surface area (Å²) in [6.07, 6.45) is 1.64. The summed E-state index contributed by atoms with van der Waals surface area (Å²) < 4.78 is 8.38. The first-order chi connectivity index (χ1) is 15.4. The van der Waals surface area contributed by atoms with Crippen molar-refractivity contribution in [3.8, 4) is 0 Å². The van der Waals surface area contributed by atoms with Gasteiger partial charge in [-0.05, 0) is 37.8 Å². The predicted octanol–water partition coefficient (Wildman–Crippen LogP) is 2.64. The van der Waals surface area contributed by atoms with Gasteiger partial charge in [-0.15, -0.1) is 10.2 Å². The third kappa shape index (κ3) is 5.67. The summed E-state index contributed by atoms with van der Waals surface area (Å²) in [5.41, 5.74) is 0.632. The van der Waals surface area contributed by atoms with Gasteiger partial charge in [0.05, 0.1) is 23.3 Å². The molecule has 0 saturated heterocycles. The molecular formula is C22H29N5O4S. The summed E-state index contributed by atoms with van der Waals surface area (Å²) in [6, 6.07) is 7.36. The number of nitrogens with zero attached hydrogens (tertiary/aromatic N) is 4. The van der Waals surface area contributed by atoms with Gasteiger partial charge in [0.25, 0.3) is 5.56 Å². The van der Waals surface area contributed by atoms with Gasteiger partial charge < -0.3 is 10.1 Å². The van der Waals surface area contributed by atoms with Crippen LogP contribution in [0.3, 0.4) is 0 Å². The second-order valence-corrected chi connectivity index (χ2v) is 8.76. The molecule has 3 rings (SSSR count). The molecule has 0 aliphatic rings. The number of benzene rings is 1. The fourth-order valence-electron chi connectivity index (χ4n) is 3.29. The molecule has 3 aromatic rings. The molecule has 0 aliphatic heterocycles. The average Bonchev–Trinajstić information content (AvgIpc) is 3.19. The van der Waals surface area contributed by atoms with E-state index in [1.165, 1.54) is 11.8 Å². The van der Waals surface area contributed by atoms with Crippen LogP contribution in [-0.2, 0) is 20.9 Å². The monoisotopic (exact) mass is 459 g/mol. The molecule has 9 nitrogen and oxygen atoms in total. The summed E-state index contributed by atoms with van der Waals surface area (Å²) in [5, 5.41) is 12.5. The van der Waals surface area contributed by atoms with Crippen LogP contribution >= 0.6 is 11.8 Å². The van der Waals surface area contributed by atoms with Crippen LogP contribution in [-0.4, -0.2) is 49.9 Å². The number of hydrogen-bond donors (Lipinski definition) is 1. The normalized spacial score (nSPS) is 11.4. The highest BCUT2D eigenvalue weighted by molar-refractivity contribution is 7.99. The first-order valence-corrected chi connectivity index (χ1v) is 11.8. The lowest BCUT2D eigenvalue weighted by Gasteiger charge is -2.12. The van der Waals surface area contributed by atoms with Gasteiger partial charge in [0, 0.05) is 19.5 Å². The molecule has 0 atom stereocenters. The Labute approximate surface area is 190 Å². The number of fused-ring (bicyclic) bond motifs is 3. The van der Waals surface area contributed by atoms with E-state index in [1.807, 2.05) is 22.6 Å². The number of amides is 1. The van der Waals surface area contributed by atoms with Crippen molar-refractivity contribution in [3.05, 3.63) is 34.6 Å². The van der Waals surface area contributed by atoms with E-state index >= 15 is 0 Å². The minimum atomic E-state index is -0.263. The third-order valence-corrected chi connectivity index (χ3v) is 5.85. The molecule has 2 aromatic heterocycles. The summed E-state index contributed by atoms with van der Waals surface area (Å²) in [5.74, 6) is 0.651. The Morgan fingerprint density at radius 3 is 2.75 bits per heavy atom. The smallest absolute Gasteiger partial charge is 0.305 e. The van der Waals surface area contributed by atoms with Crippen LogP contribution in [0.2, 0.25) is 0 Å². The second kappa shape index (κ2) is 11.1. The maximum Gasteiger partial charge on any atom is 0.305 e. The fourth-order valence-corrected chi connectivity index (χ4v) is 4.06. The van der Waals surface area contributed by atoms with Crippen LogP contribution in [0.25, 0.3) is 16.7 Å². The van der Waals surface area contributed by atoms with Crippen LogP contribution in [0.4, 0.5) is 0 Å². The number of para-hydroxylation sites is 1. The molecule has 0 bridgehead atoms. The van der Waals surface area contributed by atoms with Crippen LogP contribution in [0.5, 0.6) is 0 Å². The molecule has 0 fully saturated rings. The van der Waals surface area contributed by atoms with Crippen molar-refractivity contribution in [2.75, 3.05) is 18.9 Å². The molecular weight excluding hydrogens is 430 g/mol. The van der Waals surface area contributed by atoms with Crippen molar-refractivity contribution in [2.24, 2.45) is 5.92 Å². The van der Waals surface area contributed by atoms with E-state index in [0.29, 0.717) is 48.4 Å². The largest absolute Gasteiger partial charge is 0.466 e. The van der Waals surface area contributed by atoms with Crippen molar-refractivity contribution < 1.29 is 14.3 Å². The van der Waals surface area contributed by atoms with Crippen molar-refractivity contribution in [1.29, 1.82) is 0 Å². The third-order valence-electron chi connectivity index (χ3n) is 4.93. The average molecular weight is 460 g/mol. The first-order valence-electron chi connectivity index (χ1n) is 10.8. The molecule has 0 spiro atoms. The van der Waals surface area contributed by atoms with Gasteiger partial charge in [-0.3, -0.25) is 23.4 Å². The van der Waals surface area contributed by atoms with E-state index in [4.69, 9.17) is 4.74 Å². The Morgan fingerprint density at radius 1 is 1.22 bits per heavy atom. The Kier molecular flexibility index (Phi) is 8.26. The molecule has 0 aliphatic carbocycles. The Balaban J connectivity index is 1.74. The van der Waals surface area contributed by atoms with Gasteiger partial charge in [0.2, 0.25) is 11.7 Å². The molecule has 0 saturated carbocycles. The maximum atomic E-state index is 13.0. The molecule has 0 unspecified atom stereocenters. The number of nitrogens with one attached hydrogen (secondary N) is 1. The van der Waals surface area contributed by atoms with E-state index in [0.717, 1.165) is 11.9 Å². The van der Waals surface area contributed by atoms with Crippen LogP contribution in [0.15, 0.2) is 34.2 Å². The molecule has 32 heavy (non-hydrogen) atoms. The number of ether oxygens (including phenoxy) is 1. The van der Waals surface area contributed by atoms with Crippen molar-refractivity contribution in [3.63, 3.8) is 0 Å². The summed E-state index contributed by atoms with van der Waals surface area (Å²) >= 11 is 1.26. The van der Waals surface area contributed by atoms with Crippen LogP contribution in [0.1, 0.15) is 40.0 Å². The first kappa shape index (κ1) is 23.8. The maximum absolute atomic E-state index is 13.0.